The van der Waals surface area contributed by atoms with E-state index in [9.17, 15) is 22.8 Å². The summed E-state index contributed by atoms with van der Waals surface area (Å²) in [6.07, 6.45) is -1.75. The lowest BCUT2D eigenvalue weighted by Crippen LogP contribution is -2.46. The molecule has 230 valence electrons. The second-order valence-electron chi connectivity index (χ2n) is 11.3. The zero-order chi connectivity index (χ0) is 31.1. The summed E-state index contributed by atoms with van der Waals surface area (Å²) in [6.45, 7) is 3.30. The predicted molar refractivity (Wildman–Crippen MR) is 154 cm³/mol. The molecular formula is C30H35F3N6O4. The first-order valence-electron chi connectivity index (χ1n) is 14.2. The first-order chi connectivity index (χ1) is 20.3. The molecule has 0 radical (unpaired) electrons. The number of amides is 1. The van der Waals surface area contributed by atoms with Crippen LogP contribution in [-0.4, -0.2) is 89.9 Å². The topological polar surface area (TPSA) is 102 Å². The standard InChI is InChI=1S/C30H35F3N6O4/c1-18-16-25(35-28(34-18)36(2)3)38-14-11-21(12-15-38)37(4)27(40)20-8-7-19-9-10-23(22(19)17-20)39-13-5-6-24(43-29(41)42)26(39)30(31,32)33/h5-8,16-17,21,23H,9-15H2,1-4H3,(H,41,42). The number of aryl methyl sites for hydroxylation is 2. The van der Waals surface area contributed by atoms with Gasteiger partial charge in [-0.25, -0.2) is 9.78 Å². The van der Waals surface area contributed by atoms with Gasteiger partial charge in [-0.05, 0) is 61.9 Å². The highest BCUT2D eigenvalue weighted by atomic mass is 19.4. The molecule has 1 atom stereocenters. The molecule has 2 aliphatic heterocycles. The summed E-state index contributed by atoms with van der Waals surface area (Å²) in [5, 5.41) is 9.00. The van der Waals surface area contributed by atoms with Crippen LogP contribution in [0.15, 0.2) is 47.9 Å². The smallest absolute Gasteiger partial charge is 0.449 e. The molecule has 1 saturated heterocycles. The van der Waals surface area contributed by atoms with Crippen molar-refractivity contribution >= 4 is 23.8 Å². The minimum absolute atomic E-state index is 0.00761. The van der Waals surface area contributed by atoms with Crippen molar-refractivity contribution in [3.8, 4) is 0 Å². The van der Waals surface area contributed by atoms with Gasteiger partial charge in [-0.3, -0.25) is 4.79 Å². The van der Waals surface area contributed by atoms with E-state index in [1.807, 2.05) is 38.1 Å². The summed E-state index contributed by atoms with van der Waals surface area (Å²) in [6, 6.07) is 6.50. The normalized spacial score (nSPS) is 19.0. The highest BCUT2D eigenvalue weighted by molar-refractivity contribution is 5.94. The molecule has 1 fully saturated rings. The van der Waals surface area contributed by atoms with E-state index < -0.39 is 29.8 Å². The van der Waals surface area contributed by atoms with Crippen molar-refractivity contribution in [3.63, 3.8) is 0 Å². The van der Waals surface area contributed by atoms with Crippen molar-refractivity contribution in [2.45, 2.75) is 50.9 Å². The van der Waals surface area contributed by atoms with Gasteiger partial charge in [-0.2, -0.15) is 18.2 Å². The van der Waals surface area contributed by atoms with Gasteiger partial charge in [0.25, 0.3) is 5.91 Å². The van der Waals surface area contributed by atoms with Gasteiger partial charge in [0, 0.05) is 64.1 Å². The third-order valence-corrected chi connectivity index (χ3v) is 8.26. The maximum Gasteiger partial charge on any atom is 0.511 e. The first kappa shape index (κ1) is 30.2. The number of aromatic nitrogens is 2. The first-order valence-corrected chi connectivity index (χ1v) is 14.2. The van der Waals surface area contributed by atoms with Gasteiger partial charge in [0.2, 0.25) is 5.95 Å². The van der Waals surface area contributed by atoms with Crippen LogP contribution in [0.3, 0.4) is 0 Å². The Morgan fingerprint density at radius 1 is 1.07 bits per heavy atom. The van der Waals surface area contributed by atoms with E-state index >= 15 is 0 Å². The van der Waals surface area contributed by atoms with Crippen LogP contribution in [0.25, 0.3) is 0 Å². The Bertz CT molecular complexity index is 1470. The molecular weight excluding hydrogens is 565 g/mol. The molecule has 43 heavy (non-hydrogen) atoms. The van der Waals surface area contributed by atoms with E-state index in [2.05, 4.69) is 19.6 Å². The monoisotopic (exact) mass is 600 g/mol. The number of allylic oxidation sites excluding steroid dienone is 2. The largest absolute Gasteiger partial charge is 0.511 e. The number of nitrogens with zero attached hydrogens (tertiary/aromatic N) is 6. The minimum atomic E-state index is -4.83. The maximum absolute atomic E-state index is 14.2. The van der Waals surface area contributed by atoms with Gasteiger partial charge < -0.3 is 29.4 Å². The zero-order valence-electron chi connectivity index (χ0n) is 24.6. The number of halogens is 3. The number of anilines is 2. The summed E-state index contributed by atoms with van der Waals surface area (Å²) in [5.74, 6) is 0.543. The number of carbonyl (C=O) groups excluding carboxylic acids is 1. The fourth-order valence-electron chi connectivity index (χ4n) is 6.13. The molecule has 1 amide bonds. The van der Waals surface area contributed by atoms with Gasteiger partial charge in [0.1, 0.15) is 5.82 Å². The highest BCUT2D eigenvalue weighted by Gasteiger charge is 2.46. The summed E-state index contributed by atoms with van der Waals surface area (Å²) < 4.78 is 47.0. The molecule has 5 rings (SSSR count). The van der Waals surface area contributed by atoms with Crippen LogP contribution in [0.1, 0.15) is 52.5 Å². The summed E-state index contributed by atoms with van der Waals surface area (Å²) in [4.78, 5) is 40.8. The van der Waals surface area contributed by atoms with Crippen molar-refractivity contribution in [1.82, 2.24) is 19.8 Å². The number of ether oxygens (including phenoxy) is 1. The number of rotatable bonds is 6. The second kappa shape index (κ2) is 11.8. The summed E-state index contributed by atoms with van der Waals surface area (Å²) in [5.41, 5.74) is 1.66. The van der Waals surface area contributed by atoms with E-state index in [4.69, 9.17) is 5.11 Å². The Morgan fingerprint density at radius 3 is 2.44 bits per heavy atom. The van der Waals surface area contributed by atoms with Crippen molar-refractivity contribution in [1.29, 1.82) is 0 Å². The molecule has 13 heteroatoms. The third kappa shape index (κ3) is 6.25. The van der Waals surface area contributed by atoms with Crippen LogP contribution >= 0.6 is 0 Å². The molecule has 1 N–H and O–H groups in total. The van der Waals surface area contributed by atoms with E-state index in [-0.39, 0.29) is 18.5 Å². The van der Waals surface area contributed by atoms with E-state index in [1.54, 1.807) is 24.1 Å². The van der Waals surface area contributed by atoms with Crippen LogP contribution in [0, 0.1) is 6.92 Å². The molecule has 1 unspecified atom stereocenters. The van der Waals surface area contributed by atoms with Crippen LogP contribution in [-0.2, 0) is 11.2 Å². The highest BCUT2D eigenvalue weighted by Crippen LogP contribution is 2.44. The molecule has 1 aromatic carbocycles. The predicted octanol–water partition coefficient (Wildman–Crippen LogP) is 4.92. The number of carboxylic acid groups (broad SMARTS) is 1. The fourth-order valence-corrected chi connectivity index (χ4v) is 6.13. The summed E-state index contributed by atoms with van der Waals surface area (Å²) in [7, 11) is 5.56. The van der Waals surface area contributed by atoms with Gasteiger partial charge >= 0.3 is 12.3 Å². The van der Waals surface area contributed by atoms with Gasteiger partial charge in [0.05, 0.1) is 6.04 Å². The molecule has 1 aliphatic carbocycles. The molecule has 0 saturated carbocycles. The molecule has 3 heterocycles. The number of benzene rings is 1. The number of hydrogen-bond donors (Lipinski definition) is 1. The Labute approximate surface area is 248 Å². The van der Waals surface area contributed by atoms with Crippen LogP contribution < -0.4 is 9.80 Å². The number of carbonyl (C=O) groups is 2. The SMILES string of the molecule is Cc1cc(N2CCC(N(C)C(=O)c3ccc4c(c3)C(N3CC=CC(OC(=O)O)=C3C(F)(F)F)CC4)CC2)nc(N(C)C)n1. The molecule has 10 nitrogen and oxygen atoms in total. The van der Waals surface area contributed by atoms with Crippen molar-refractivity contribution in [2.24, 2.45) is 0 Å². The van der Waals surface area contributed by atoms with Gasteiger partial charge in [-0.1, -0.05) is 12.1 Å². The van der Waals surface area contributed by atoms with Gasteiger partial charge in [-0.15, -0.1) is 0 Å². The Kier molecular flexibility index (Phi) is 8.26. The second-order valence-corrected chi connectivity index (χ2v) is 11.3. The van der Waals surface area contributed by atoms with Crippen LogP contribution in [0.2, 0.25) is 0 Å². The molecule has 0 spiro atoms. The molecule has 2 aromatic rings. The van der Waals surface area contributed by atoms with E-state index in [0.717, 1.165) is 40.9 Å². The van der Waals surface area contributed by atoms with E-state index in [0.29, 0.717) is 43.0 Å². The van der Waals surface area contributed by atoms with Crippen molar-refractivity contribution < 1.29 is 32.6 Å². The number of piperidine rings is 1. The Balaban J connectivity index is 1.32. The average molecular weight is 601 g/mol. The number of fused-ring (bicyclic) bond motifs is 1. The summed E-state index contributed by atoms with van der Waals surface area (Å²) >= 11 is 0. The number of hydrogen-bond acceptors (Lipinski definition) is 8. The third-order valence-electron chi connectivity index (χ3n) is 8.26. The van der Waals surface area contributed by atoms with Crippen molar-refractivity contribution in [3.05, 3.63) is 70.3 Å². The molecule has 1 aromatic heterocycles. The molecule has 3 aliphatic rings. The van der Waals surface area contributed by atoms with Crippen LogP contribution in [0.4, 0.5) is 29.7 Å². The van der Waals surface area contributed by atoms with Crippen LogP contribution in [0.5, 0.6) is 0 Å². The lowest BCUT2D eigenvalue weighted by molar-refractivity contribution is -0.118. The number of alkyl halides is 3. The maximum atomic E-state index is 14.2. The van der Waals surface area contributed by atoms with E-state index in [1.165, 1.54) is 6.08 Å². The quantitative estimate of drug-likeness (QED) is 0.463. The van der Waals surface area contributed by atoms with Gasteiger partial charge in [0.15, 0.2) is 11.5 Å². The lowest BCUT2D eigenvalue weighted by atomic mass is 9.99. The Hall–Kier alpha value is -4.29. The minimum Gasteiger partial charge on any atom is -0.449 e. The Morgan fingerprint density at radius 2 is 1.79 bits per heavy atom. The molecule has 0 bridgehead atoms. The average Bonchev–Trinajstić information content (AvgIpc) is 3.38. The lowest BCUT2D eigenvalue weighted by Gasteiger charge is -2.38. The van der Waals surface area contributed by atoms with Crippen molar-refractivity contribution in [2.75, 3.05) is 50.6 Å². The zero-order valence-corrected chi connectivity index (χ0v) is 24.6. The fraction of sp³-hybridized carbons (Fsp3) is 0.467.